The number of rotatable bonds is 3. The maximum Gasteiger partial charge on any atom is 0.0716 e. The molecule has 1 heterocycles. The largest absolute Gasteiger partial charge is 0.391 e. The van der Waals surface area contributed by atoms with E-state index in [2.05, 4.69) is 60.5 Å². The second kappa shape index (κ2) is 5.78. The lowest BCUT2D eigenvalue weighted by Crippen LogP contribution is -2.35. The van der Waals surface area contributed by atoms with Crippen LogP contribution in [-0.4, -0.2) is 29.2 Å². The summed E-state index contributed by atoms with van der Waals surface area (Å²) in [5, 5.41) is 10.4. The Morgan fingerprint density at radius 3 is 2.25 bits per heavy atom. The van der Waals surface area contributed by atoms with Gasteiger partial charge in [0.15, 0.2) is 0 Å². The van der Waals surface area contributed by atoms with Crippen molar-refractivity contribution in [3.05, 3.63) is 71.8 Å². The Kier molecular flexibility index (Phi) is 3.86. The van der Waals surface area contributed by atoms with Crippen LogP contribution >= 0.6 is 0 Å². The van der Waals surface area contributed by atoms with Gasteiger partial charge in [-0.25, -0.2) is 0 Å². The molecule has 1 N–H and O–H groups in total. The highest BCUT2D eigenvalue weighted by molar-refractivity contribution is 5.23. The van der Waals surface area contributed by atoms with Crippen LogP contribution in [0.1, 0.15) is 23.6 Å². The third kappa shape index (κ3) is 2.62. The molecular weight excluding hydrogens is 246 g/mol. The summed E-state index contributed by atoms with van der Waals surface area (Å²) in [7, 11) is 2.13. The van der Waals surface area contributed by atoms with Crippen LogP contribution < -0.4 is 0 Å². The van der Waals surface area contributed by atoms with E-state index in [1.165, 1.54) is 11.1 Å². The Balaban J connectivity index is 1.77. The van der Waals surface area contributed by atoms with Crippen molar-refractivity contribution in [1.82, 2.24) is 4.90 Å². The third-order valence-corrected chi connectivity index (χ3v) is 4.40. The molecule has 20 heavy (non-hydrogen) atoms. The predicted molar refractivity (Wildman–Crippen MR) is 81.5 cm³/mol. The monoisotopic (exact) mass is 267 g/mol. The lowest BCUT2D eigenvalue weighted by molar-refractivity contribution is 0.123. The van der Waals surface area contributed by atoms with E-state index in [0.29, 0.717) is 6.04 Å². The normalized spacial score (nSPS) is 26.8. The number of aliphatic hydroxyl groups excluding tert-OH is 1. The second-order valence-corrected chi connectivity index (χ2v) is 5.65. The van der Waals surface area contributed by atoms with E-state index >= 15 is 0 Å². The molecule has 0 bridgehead atoms. The number of aliphatic hydroxyl groups is 1. The Labute approximate surface area is 120 Å². The van der Waals surface area contributed by atoms with Crippen LogP contribution in [0.2, 0.25) is 0 Å². The summed E-state index contributed by atoms with van der Waals surface area (Å²) in [5.74, 6) is 0. The number of likely N-dealkylation sites (N-methyl/N-ethyl adjacent to an activating group) is 1. The molecule has 2 aromatic rings. The summed E-state index contributed by atoms with van der Waals surface area (Å²) >= 11 is 0. The second-order valence-electron chi connectivity index (χ2n) is 5.65. The van der Waals surface area contributed by atoms with Crippen molar-refractivity contribution in [2.24, 2.45) is 0 Å². The molecule has 0 saturated carbocycles. The molecule has 1 aliphatic heterocycles. The van der Waals surface area contributed by atoms with Gasteiger partial charge in [0.25, 0.3) is 0 Å². The summed E-state index contributed by atoms with van der Waals surface area (Å²) in [5.41, 5.74) is 2.58. The van der Waals surface area contributed by atoms with Crippen molar-refractivity contribution >= 4 is 0 Å². The molecule has 0 amide bonds. The minimum atomic E-state index is -0.259. The fourth-order valence-electron chi connectivity index (χ4n) is 3.24. The van der Waals surface area contributed by atoms with Gasteiger partial charge in [0.2, 0.25) is 0 Å². The molecule has 1 aliphatic rings. The predicted octanol–water partition coefficient (Wildman–Crippen LogP) is 3.04. The van der Waals surface area contributed by atoms with Gasteiger partial charge in [-0.15, -0.1) is 0 Å². The fourth-order valence-corrected chi connectivity index (χ4v) is 3.24. The molecule has 3 rings (SSSR count). The summed E-state index contributed by atoms with van der Waals surface area (Å²) in [6.07, 6.45) is 1.46. The average molecular weight is 267 g/mol. The number of hydrogen-bond acceptors (Lipinski definition) is 2. The van der Waals surface area contributed by atoms with Crippen LogP contribution in [0.25, 0.3) is 0 Å². The van der Waals surface area contributed by atoms with Crippen LogP contribution in [0.5, 0.6) is 0 Å². The molecule has 1 fully saturated rings. The summed E-state index contributed by atoms with van der Waals surface area (Å²) in [4.78, 5) is 2.33. The summed E-state index contributed by atoms with van der Waals surface area (Å²) < 4.78 is 0. The van der Waals surface area contributed by atoms with Crippen molar-refractivity contribution < 1.29 is 5.11 Å². The van der Waals surface area contributed by atoms with E-state index in [1.54, 1.807) is 0 Å². The molecule has 0 aromatic heterocycles. The quantitative estimate of drug-likeness (QED) is 0.924. The molecule has 0 unspecified atom stereocenters. The zero-order chi connectivity index (χ0) is 13.9. The van der Waals surface area contributed by atoms with Gasteiger partial charge < -0.3 is 5.11 Å². The Hall–Kier alpha value is -1.64. The van der Waals surface area contributed by atoms with Crippen molar-refractivity contribution in [1.29, 1.82) is 0 Å². The lowest BCUT2D eigenvalue weighted by Gasteiger charge is -2.26. The molecule has 2 nitrogen and oxygen atoms in total. The summed E-state index contributed by atoms with van der Waals surface area (Å²) in [6, 6.07) is 21.4. The van der Waals surface area contributed by atoms with Crippen LogP contribution in [0.4, 0.5) is 0 Å². The SMILES string of the molecule is CN1[C@H](c2ccccc2)C[C@H](O)[C@@H]1Cc1ccccc1. The molecule has 1 saturated heterocycles. The first kappa shape index (κ1) is 13.3. The van der Waals surface area contributed by atoms with Crippen molar-refractivity contribution in [2.75, 3.05) is 7.05 Å². The van der Waals surface area contributed by atoms with Gasteiger partial charge in [0, 0.05) is 12.1 Å². The third-order valence-electron chi connectivity index (χ3n) is 4.40. The van der Waals surface area contributed by atoms with Gasteiger partial charge in [-0.2, -0.15) is 0 Å². The highest BCUT2D eigenvalue weighted by Crippen LogP contribution is 2.36. The minimum absolute atomic E-state index is 0.197. The molecule has 0 spiro atoms. The van der Waals surface area contributed by atoms with E-state index in [1.807, 2.05) is 12.1 Å². The first-order valence-corrected chi connectivity index (χ1v) is 7.24. The zero-order valence-corrected chi connectivity index (χ0v) is 11.8. The van der Waals surface area contributed by atoms with E-state index in [4.69, 9.17) is 0 Å². The van der Waals surface area contributed by atoms with Gasteiger partial charge in [0.1, 0.15) is 0 Å². The van der Waals surface area contributed by atoms with E-state index in [-0.39, 0.29) is 12.1 Å². The maximum atomic E-state index is 10.4. The number of nitrogens with zero attached hydrogens (tertiary/aromatic N) is 1. The first-order valence-electron chi connectivity index (χ1n) is 7.24. The highest BCUT2D eigenvalue weighted by Gasteiger charge is 2.38. The number of benzene rings is 2. The highest BCUT2D eigenvalue weighted by atomic mass is 16.3. The smallest absolute Gasteiger partial charge is 0.0716 e. The van der Waals surface area contributed by atoms with Crippen LogP contribution in [-0.2, 0) is 6.42 Å². The topological polar surface area (TPSA) is 23.5 Å². The molecule has 0 radical (unpaired) electrons. The summed E-state index contributed by atoms with van der Waals surface area (Å²) in [6.45, 7) is 0. The van der Waals surface area contributed by atoms with Gasteiger partial charge in [-0.05, 0) is 31.0 Å². The van der Waals surface area contributed by atoms with Crippen molar-refractivity contribution in [2.45, 2.75) is 31.0 Å². The molecule has 3 atom stereocenters. The zero-order valence-electron chi connectivity index (χ0n) is 11.8. The molecule has 0 aliphatic carbocycles. The number of likely N-dealkylation sites (tertiary alicyclic amines) is 1. The van der Waals surface area contributed by atoms with Gasteiger partial charge >= 0.3 is 0 Å². The molecular formula is C18H21NO. The average Bonchev–Trinajstić information content (AvgIpc) is 2.77. The van der Waals surface area contributed by atoms with Gasteiger partial charge in [0.05, 0.1) is 6.10 Å². The maximum absolute atomic E-state index is 10.4. The van der Waals surface area contributed by atoms with E-state index in [9.17, 15) is 5.11 Å². The van der Waals surface area contributed by atoms with Gasteiger partial charge in [-0.3, -0.25) is 4.90 Å². The minimum Gasteiger partial charge on any atom is -0.391 e. The van der Waals surface area contributed by atoms with E-state index < -0.39 is 0 Å². The Morgan fingerprint density at radius 1 is 1.00 bits per heavy atom. The number of hydrogen-bond donors (Lipinski definition) is 1. The Bertz CT molecular complexity index is 540. The molecule has 2 aromatic carbocycles. The fraction of sp³-hybridized carbons (Fsp3) is 0.333. The van der Waals surface area contributed by atoms with Crippen LogP contribution in [0.15, 0.2) is 60.7 Å². The lowest BCUT2D eigenvalue weighted by atomic mass is 10.0. The van der Waals surface area contributed by atoms with E-state index in [0.717, 1.165) is 12.8 Å². The molecule has 2 heteroatoms. The Morgan fingerprint density at radius 2 is 1.60 bits per heavy atom. The van der Waals surface area contributed by atoms with Crippen molar-refractivity contribution in [3.8, 4) is 0 Å². The van der Waals surface area contributed by atoms with Gasteiger partial charge in [-0.1, -0.05) is 60.7 Å². The standard InChI is InChI=1S/C18H21NO/c1-19-16(15-10-6-3-7-11-15)13-18(20)17(19)12-14-8-4-2-5-9-14/h2-11,16-18,20H,12-13H2,1H3/t16-,17-,18-/m0/s1. The molecule has 104 valence electrons. The first-order chi connectivity index (χ1) is 9.75. The van der Waals surface area contributed by atoms with Crippen LogP contribution in [0, 0.1) is 0 Å². The van der Waals surface area contributed by atoms with Crippen LogP contribution in [0.3, 0.4) is 0 Å². The van der Waals surface area contributed by atoms with Crippen molar-refractivity contribution in [3.63, 3.8) is 0 Å².